The van der Waals surface area contributed by atoms with E-state index in [1.54, 1.807) is 7.11 Å². The molecule has 0 spiro atoms. The average Bonchev–Trinajstić information content (AvgIpc) is 2.50. The molecule has 0 saturated carbocycles. The lowest BCUT2D eigenvalue weighted by molar-refractivity contribution is 0.0767. The first kappa shape index (κ1) is 11.8. The summed E-state index contributed by atoms with van der Waals surface area (Å²) in [6.07, 6.45) is 1.62. The number of ketones is 1. The van der Waals surface area contributed by atoms with Crippen LogP contribution in [0.25, 0.3) is 0 Å². The summed E-state index contributed by atoms with van der Waals surface area (Å²) in [5.74, 6) is 0.251. The van der Waals surface area contributed by atoms with E-state index in [0.29, 0.717) is 6.61 Å². The first-order chi connectivity index (χ1) is 7.57. The van der Waals surface area contributed by atoms with E-state index in [9.17, 15) is 4.79 Å². The molecule has 0 aromatic heterocycles. The number of Topliss-reactive ketones (excluding diaryl/α,β-unsaturated/α-hetero) is 1. The van der Waals surface area contributed by atoms with Gasteiger partial charge in [0.05, 0.1) is 0 Å². The van der Waals surface area contributed by atoms with Gasteiger partial charge in [-0.15, -0.1) is 0 Å². The van der Waals surface area contributed by atoms with Gasteiger partial charge in [-0.3, -0.25) is 4.79 Å². The molecule has 86 valence electrons. The standard InChI is InChI=1S/C13H15BrO2/c1-13(5-6-16-2)8-9-3-4-10(14)7-11(9)12(13)15/h3-4,7H,5-6,8H2,1-2H3. The van der Waals surface area contributed by atoms with Crippen LogP contribution < -0.4 is 0 Å². The predicted molar refractivity (Wildman–Crippen MR) is 66.8 cm³/mol. The summed E-state index contributed by atoms with van der Waals surface area (Å²) in [4.78, 5) is 12.3. The molecular formula is C13H15BrO2. The van der Waals surface area contributed by atoms with Crippen molar-refractivity contribution in [1.82, 2.24) is 0 Å². The zero-order chi connectivity index (χ0) is 11.8. The zero-order valence-electron chi connectivity index (χ0n) is 9.55. The summed E-state index contributed by atoms with van der Waals surface area (Å²) in [5, 5.41) is 0. The van der Waals surface area contributed by atoms with Gasteiger partial charge in [-0.1, -0.05) is 28.9 Å². The quantitative estimate of drug-likeness (QED) is 0.851. The molecule has 0 saturated heterocycles. The maximum atomic E-state index is 12.3. The Labute approximate surface area is 104 Å². The van der Waals surface area contributed by atoms with Crippen molar-refractivity contribution < 1.29 is 9.53 Å². The van der Waals surface area contributed by atoms with Crippen LogP contribution in [0, 0.1) is 5.41 Å². The highest BCUT2D eigenvalue weighted by Gasteiger charge is 2.40. The third kappa shape index (κ3) is 1.94. The highest BCUT2D eigenvalue weighted by Crippen LogP contribution is 2.40. The molecule has 0 radical (unpaired) electrons. The van der Waals surface area contributed by atoms with Crippen LogP contribution in [0.2, 0.25) is 0 Å². The van der Waals surface area contributed by atoms with Gasteiger partial charge >= 0.3 is 0 Å². The second kappa shape index (κ2) is 4.30. The lowest BCUT2D eigenvalue weighted by Crippen LogP contribution is -2.25. The molecule has 3 heteroatoms. The molecule has 2 nitrogen and oxygen atoms in total. The van der Waals surface area contributed by atoms with Gasteiger partial charge in [-0.25, -0.2) is 0 Å². The van der Waals surface area contributed by atoms with E-state index in [2.05, 4.69) is 15.9 Å². The van der Waals surface area contributed by atoms with Gasteiger partial charge in [-0.05, 0) is 30.5 Å². The van der Waals surface area contributed by atoms with Crippen molar-refractivity contribution in [1.29, 1.82) is 0 Å². The molecule has 0 N–H and O–H groups in total. The Morgan fingerprint density at radius 1 is 1.50 bits per heavy atom. The lowest BCUT2D eigenvalue weighted by Gasteiger charge is -2.20. The number of benzene rings is 1. The van der Waals surface area contributed by atoms with Crippen LogP contribution in [-0.2, 0) is 11.2 Å². The molecule has 1 aliphatic rings. The van der Waals surface area contributed by atoms with Gasteiger partial charge in [0, 0.05) is 29.2 Å². The number of rotatable bonds is 3. The number of carbonyl (C=O) groups excluding carboxylic acids is 1. The Morgan fingerprint density at radius 3 is 2.94 bits per heavy atom. The van der Waals surface area contributed by atoms with Gasteiger partial charge < -0.3 is 4.74 Å². The van der Waals surface area contributed by atoms with Crippen molar-refractivity contribution in [2.75, 3.05) is 13.7 Å². The van der Waals surface area contributed by atoms with Crippen LogP contribution in [0.1, 0.15) is 29.3 Å². The first-order valence-electron chi connectivity index (χ1n) is 5.39. The van der Waals surface area contributed by atoms with E-state index in [1.165, 1.54) is 0 Å². The fourth-order valence-electron chi connectivity index (χ4n) is 2.27. The molecular weight excluding hydrogens is 268 g/mol. The molecule has 1 aromatic carbocycles. The predicted octanol–water partition coefficient (Wildman–Crippen LogP) is 3.23. The van der Waals surface area contributed by atoms with Crippen LogP contribution in [-0.4, -0.2) is 19.5 Å². The number of fused-ring (bicyclic) bond motifs is 1. The summed E-state index contributed by atoms with van der Waals surface area (Å²) in [6.45, 7) is 2.67. The smallest absolute Gasteiger partial charge is 0.169 e. The Balaban J connectivity index is 2.30. The van der Waals surface area contributed by atoms with Crippen molar-refractivity contribution in [3.8, 4) is 0 Å². The van der Waals surface area contributed by atoms with E-state index >= 15 is 0 Å². The Hall–Kier alpha value is -0.670. The molecule has 0 bridgehead atoms. The normalized spacial score (nSPS) is 23.6. The molecule has 16 heavy (non-hydrogen) atoms. The van der Waals surface area contributed by atoms with E-state index in [0.717, 1.165) is 28.4 Å². The number of carbonyl (C=O) groups is 1. The van der Waals surface area contributed by atoms with Crippen LogP contribution >= 0.6 is 15.9 Å². The zero-order valence-corrected chi connectivity index (χ0v) is 11.1. The van der Waals surface area contributed by atoms with Crippen LogP contribution in [0.15, 0.2) is 22.7 Å². The average molecular weight is 283 g/mol. The summed E-state index contributed by atoms with van der Waals surface area (Å²) in [6, 6.07) is 5.96. The minimum Gasteiger partial charge on any atom is -0.385 e. The third-order valence-electron chi connectivity index (χ3n) is 3.30. The molecule has 0 aliphatic heterocycles. The van der Waals surface area contributed by atoms with Gasteiger partial charge in [0.25, 0.3) is 0 Å². The summed E-state index contributed by atoms with van der Waals surface area (Å²) in [7, 11) is 1.67. The minimum absolute atomic E-state index is 0.251. The molecule has 1 unspecified atom stereocenters. The van der Waals surface area contributed by atoms with Crippen molar-refractivity contribution in [2.24, 2.45) is 5.41 Å². The summed E-state index contributed by atoms with van der Waals surface area (Å²) >= 11 is 3.41. The highest BCUT2D eigenvalue weighted by molar-refractivity contribution is 9.10. The molecule has 2 rings (SSSR count). The minimum atomic E-state index is -0.279. The fraction of sp³-hybridized carbons (Fsp3) is 0.462. The van der Waals surface area contributed by atoms with Gasteiger partial charge in [0.15, 0.2) is 5.78 Å². The largest absolute Gasteiger partial charge is 0.385 e. The van der Waals surface area contributed by atoms with E-state index in [4.69, 9.17) is 4.74 Å². The SMILES string of the molecule is COCCC1(C)Cc2ccc(Br)cc2C1=O. The monoisotopic (exact) mass is 282 g/mol. The number of hydrogen-bond donors (Lipinski definition) is 0. The van der Waals surface area contributed by atoms with Gasteiger partial charge in [0.1, 0.15) is 0 Å². The Kier molecular flexibility index (Phi) is 3.17. The molecule has 0 fully saturated rings. The Bertz CT molecular complexity index is 428. The molecule has 1 atom stereocenters. The second-order valence-electron chi connectivity index (χ2n) is 4.61. The number of ether oxygens (including phenoxy) is 1. The number of methoxy groups -OCH3 is 1. The van der Waals surface area contributed by atoms with Crippen LogP contribution in [0.4, 0.5) is 0 Å². The van der Waals surface area contributed by atoms with Gasteiger partial charge in [-0.2, -0.15) is 0 Å². The summed E-state index contributed by atoms with van der Waals surface area (Å²) < 4.78 is 6.05. The van der Waals surface area contributed by atoms with Crippen LogP contribution in [0.5, 0.6) is 0 Å². The van der Waals surface area contributed by atoms with Gasteiger partial charge in [0.2, 0.25) is 0 Å². The maximum Gasteiger partial charge on any atom is 0.169 e. The molecule has 0 amide bonds. The fourth-order valence-corrected chi connectivity index (χ4v) is 2.63. The second-order valence-corrected chi connectivity index (χ2v) is 5.53. The first-order valence-corrected chi connectivity index (χ1v) is 6.18. The highest BCUT2D eigenvalue weighted by atomic mass is 79.9. The maximum absolute atomic E-state index is 12.3. The van der Waals surface area contributed by atoms with Crippen molar-refractivity contribution in [2.45, 2.75) is 19.8 Å². The molecule has 0 heterocycles. The number of hydrogen-bond acceptors (Lipinski definition) is 2. The van der Waals surface area contributed by atoms with Crippen molar-refractivity contribution in [3.63, 3.8) is 0 Å². The van der Waals surface area contributed by atoms with Crippen LogP contribution in [0.3, 0.4) is 0 Å². The molecule has 1 aliphatic carbocycles. The Morgan fingerprint density at radius 2 is 2.25 bits per heavy atom. The van der Waals surface area contributed by atoms with Crippen molar-refractivity contribution in [3.05, 3.63) is 33.8 Å². The summed E-state index contributed by atoms with van der Waals surface area (Å²) in [5.41, 5.74) is 1.75. The van der Waals surface area contributed by atoms with E-state index in [-0.39, 0.29) is 11.2 Å². The number of halogens is 1. The van der Waals surface area contributed by atoms with E-state index < -0.39 is 0 Å². The lowest BCUT2D eigenvalue weighted by atomic mass is 9.83. The topological polar surface area (TPSA) is 26.3 Å². The molecule has 1 aromatic rings. The van der Waals surface area contributed by atoms with Crippen molar-refractivity contribution >= 4 is 21.7 Å². The third-order valence-corrected chi connectivity index (χ3v) is 3.80. The van der Waals surface area contributed by atoms with E-state index in [1.807, 2.05) is 25.1 Å².